The van der Waals surface area contributed by atoms with E-state index in [-0.39, 0.29) is 5.92 Å². The molecule has 0 saturated carbocycles. The van der Waals surface area contributed by atoms with Gasteiger partial charge in [-0.15, -0.1) is 0 Å². The molecule has 0 fully saturated rings. The Morgan fingerprint density at radius 3 is 2.57 bits per heavy atom. The van der Waals surface area contributed by atoms with Crippen molar-refractivity contribution in [2.45, 2.75) is 33.1 Å². The summed E-state index contributed by atoms with van der Waals surface area (Å²) in [4.78, 5) is 10.5. The minimum atomic E-state index is 0.0745. The van der Waals surface area contributed by atoms with Crippen LogP contribution in [0, 0.1) is 5.92 Å². The minimum Gasteiger partial charge on any atom is -0.303 e. The van der Waals surface area contributed by atoms with E-state index in [2.05, 4.69) is 25.0 Å². The van der Waals surface area contributed by atoms with Gasteiger partial charge in [-0.1, -0.05) is 20.8 Å². The zero-order valence-electron chi connectivity index (χ0n) is 9.32. The van der Waals surface area contributed by atoms with E-state index in [9.17, 15) is 4.79 Å². The van der Waals surface area contributed by atoms with Crippen LogP contribution in [0.5, 0.6) is 0 Å². The molecule has 0 radical (unpaired) electrons. The molecule has 14 heavy (non-hydrogen) atoms. The van der Waals surface area contributed by atoms with Crippen molar-refractivity contribution in [1.82, 2.24) is 9.78 Å². The quantitative estimate of drug-likeness (QED) is 0.686. The van der Waals surface area contributed by atoms with Gasteiger partial charge >= 0.3 is 0 Å². The van der Waals surface area contributed by atoms with Crippen molar-refractivity contribution < 1.29 is 4.79 Å². The average molecular weight is 194 g/mol. The van der Waals surface area contributed by atoms with Crippen LogP contribution in [0.4, 0.5) is 0 Å². The van der Waals surface area contributed by atoms with Crippen LogP contribution in [0.2, 0.25) is 0 Å². The summed E-state index contributed by atoms with van der Waals surface area (Å²) in [7, 11) is 1.93. The number of hydrogen-bond donors (Lipinski definition) is 0. The molecule has 0 saturated heterocycles. The first-order valence-electron chi connectivity index (χ1n) is 5.02. The Balaban J connectivity index is 2.82. The highest BCUT2D eigenvalue weighted by molar-refractivity contribution is 5.53. The number of aromatic nitrogens is 2. The molecule has 1 atom stereocenters. The molecule has 1 heterocycles. The van der Waals surface area contributed by atoms with Crippen molar-refractivity contribution in [3.05, 3.63) is 17.5 Å². The first-order valence-corrected chi connectivity index (χ1v) is 5.02. The molecular weight excluding hydrogens is 176 g/mol. The second-order valence-electron chi connectivity index (χ2n) is 4.16. The van der Waals surface area contributed by atoms with Crippen LogP contribution in [-0.2, 0) is 18.3 Å². The fraction of sp³-hybridized carbons (Fsp3) is 0.636. The van der Waals surface area contributed by atoms with E-state index < -0.39 is 0 Å². The number of rotatable bonds is 4. The van der Waals surface area contributed by atoms with Crippen LogP contribution in [0.25, 0.3) is 0 Å². The van der Waals surface area contributed by atoms with Gasteiger partial charge < -0.3 is 4.79 Å². The van der Waals surface area contributed by atoms with E-state index in [0.717, 1.165) is 24.1 Å². The molecule has 3 heteroatoms. The lowest BCUT2D eigenvalue weighted by molar-refractivity contribution is -0.110. The van der Waals surface area contributed by atoms with Crippen LogP contribution in [-0.4, -0.2) is 16.1 Å². The van der Waals surface area contributed by atoms with Crippen molar-refractivity contribution in [1.29, 1.82) is 0 Å². The van der Waals surface area contributed by atoms with Gasteiger partial charge in [-0.25, -0.2) is 0 Å². The molecule has 1 unspecified atom stereocenters. The number of aryl methyl sites for hydroxylation is 1. The Hall–Kier alpha value is -1.12. The normalized spacial score (nSPS) is 13.2. The molecule has 0 aliphatic heterocycles. The van der Waals surface area contributed by atoms with Gasteiger partial charge in [0.1, 0.15) is 6.29 Å². The molecular formula is C11H18N2O. The summed E-state index contributed by atoms with van der Waals surface area (Å²) in [6.45, 7) is 6.17. The molecule has 0 N–H and O–H groups in total. The summed E-state index contributed by atoms with van der Waals surface area (Å²) in [6.07, 6.45) is 1.77. The Bertz CT molecular complexity index is 315. The van der Waals surface area contributed by atoms with Crippen molar-refractivity contribution >= 4 is 6.29 Å². The highest BCUT2D eigenvalue weighted by atomic mass is 16.1. The van der Waals surface area contributed by atoms with Gasteiger partial charge in [0.05, 0.1) is 5.69 Å². The van der Waals surface area contributed by atoms with Crippen molar-refractivity contribution in [2.75, 3.05) is 0 Å². The zero-order valence-corrected chi connectivity index (χ0v) is 9.32. The summed E-state index contributed by atoms with van der Waals surface area (Å²) in [6, 6.07) is 2.09. The monoisotopic (exact) mass is 194 g/mol. The number of carbonyl (C=O) groups excluding carboxylic acids is 1. The number of hydrogen-bond acceptors (Lipinski definition) is 2. The van der Waals surface area contributed by atoms with Gasteiger partial charge in [-0.2, -0.15) is 5.10 Å². The van der Waals surface area contributed by atoms with Gasteiger partial charge in [-0.3, -0.25) is 4.68 Å². The minimum absolute atomic E-state index is 0.0745. The highest BCUT2D eigenvalue weighted by Gasteiger charge is 2.10. The highest BCUT2D eigenvalue weighted by Crippen LogP contribution is 2.15. The first-order chi connectivity index (χ1) is 6.54. The lowest BCUT2D eigenvalue weighted by Crippen LogP contribution is -2.05. The molecule has 0 amide bonds. The number of aldehydes is 1. The third-order valence-corrected chi connectivity index (χ3v) is 2.35. The van der Waals surface area contributed by atoms with Crippen LogP contribution >= 0.6 is 0 Å². The van der Waals surface area contributed by atoms with E-state index in [4.69, 9.17) is 0 Å². The smallest absolute Gasteiger partial charge is 0.123 e. The molecule has 0 aliphatic carbocycles. The fourth-order valence-electron chi connectivity index (χ4n) is 1.38. The van der Waals surface area contributed by atoms with E-state index in [1.807, 2.05) is 18.7 Å². The van der Waals surface area contributed by atoms with Crippen molar-refractivity contribution in [3.8, 4) is 0 Å². The van der Waals surface area contributed by atoms with Crippen molar-refractivity contribution in [2.24, 2.45) is 13.0 Å². The molecule has 1 aromatic heterocycles. The lowest BCUT2D eigenvalue weighted by atomic mass is 10.1. The number of nitrogens with zero attached hydrogens (tertiary/aromatic N) is 2. The maximum absolute atomic E-state index is 10.5. The van der Waals surface area contributed by atoms with Crippen LogP contribution < -0.4 is 0 Å². The zero-order chi connectivity index (χ0) is 10.7. The van der Waals surface area contributed by atoms with Crippen molar-refractivity contribution in [3.63, 3.8) is 0 Å². The third-order valence-electron chi connectivity index (χ3n) is 2.35. The Kier molecular flexibility index (Phi) is 3.44. The predicted octanol–water partition coefficient (Wildman–Crippen LogP) is 1.92. The van der Waals surface area contributed by atoms with Crippen LogP contribution in [0.3, 0.4) is 0 Å². The number of carbonyl (C=O) groups is 1. The maximum Gasteiger partial charge on any atom is 0.123 e. The van der Waals surface area contributed by atoms with E-state index >= 15 is 0 Å². The van der Waals surface area contributed by atoms with Crippen LogP contribution in [0.1, 0.15) is 38.1 Å². The second kappa shape index (κ2) is 4.40. The van der Waals surface area contributed by atoms with Gasteiger partial charge in [0.2, 0.25) is 0 Å². The lowest BCUT2D eigenvalue weighted by Gasteiger charge is -2.02. The Morgan fingerprint density at radius 2 is 2.14 bits per heavy atom. The van der Waals surface area contributed by atoms with Crippen LogP contribution in [0.15, 0.2) is 6.07 Å². The molecule has 0 aromatic carbocycles. The van der Waals surface area contributed by atoms with E-state index in [1.165, 1.54) is 0 Å². The third kappa shape index (κ3) is 2.44. The standard InChI is InChI=1S/C11H18N2O/c1-8(2)11-6-10(13(4)12-11)5-9(3)7-14/h6-9H,5H2,1-4H3. The summed E-state index contributed by atoms with van der Waals surface area (Å²) in [5.74, 6) is 0.520. The van der Waals surface area contributed by atoms with Gasteiger partial charge in [-0.05, 0) is 18.4 Å². The topological polar surface area (TPSA) is 34.9 Å². The summed E-state index contributed by atoms with van der Waals surface area (Å²) in [5, 5.41) is 4.40. The molecule has 3 nitrogen and oxygen atoms in total. The van der Waals surface area contributed by atoms with E-state index in [1.54, 1.807) is 0 Å². The summed E-state index contributed by atoms with van der Waals surface area (Å²) in [5.41, 5.74) is 2.23. The summed E-state index contributed by atoms with van der Waals surface area (Å²) >= 11 is 0. The predicted molar refractivity (Wildman–Crippen MR) is 56.2 cm³/mol. The first kappa shape index (κ1) is 11.0. The largest absolute Gasteiger partial charge is 0.303 e. The Labute approximate surface area is 85.1 Å². The average Bonchev–Trinajstić information content (AvgIpc) is 2.48. The molecule has 1 rings (SSSR count). The molecule has 78 valence electrons. The fourth-order valence-corrected chi connectivity index (χ4v) is 1.38. The molecule has 1 aromatic rings. The maximum atomic E-state index is 10.5. The van der Waals surface area contributed by atoms with Gasteiger partial charge in [0.15, 0.2) is 0 Å². The van der Waals surface area contributed by atoms with Gasteiger partial charge in [0, 0.05) is 18.7 Å². The SMILES string of the molecule is CC(C=O)Cc1cc(C(C)C)nn1C. The second-order valence-corrected chi connectivity index (χ2v) is 4.16. The molecule has 0 spiro atoms. The van der Waals surface area contributed by atoms with E-state index in [0.29, 0.717) is 5.92 Å². The Morgan fingerprint density at radius 1 is 1.50 bits per heavy atom. The van der Waals surface area contributed by atoms with Gasteiger partial charge in [0.25, 0.3) is 0 Å². The molecule has 0 aliphatic rings. The summed E-state index contributed by atoms with van der Waals surface area (Å²) < 4.78 is 1.87. The molecule has 0 bridgehead atoms.